The van der Waals surface area contributed by atoms with Crippen molar-refractivity contribution in [2.75, 3.05) is 0 Å². The van der Waals surface area contributed by atoms with Gasteiger partial charge in [0.1, 0.15) is 5.82 Å². The highest BCUT2D eigenvalue weighted by Gasteiger charge is 2.32. The Bertz CT molecular complexity index is 565. The second kappa shape index (κ2) is 5.11. The molecule has 0 bridgehead atoms. The third-order valence-corrected chi connectivity index (χ3v) is 3.96. The predicted molar refractivity (Wildman–Crippen MR) is 74.1 cm³/mol. The Labute approximate surface area is 112 Å². The van der Waals surface area contributed by atoms with Gasteiger partial charge in [0.2, 0.25) is 0 Å². The Morgan fingerprint density at radius 1 is 1.16 bits per heavy atom. The minimum absolute atomic E-state index is 0.195. The van der Waals surface area contributed by atoms with E-state index in [2.05, 4.69) is 29.7 Å². The Balaban J connectivity index is 1.74. The van der Waals surface area contributed by atoms with Gasteiger partial charge in [0, 0.05) is 12.0 Å². The van der Waals surface area contributed by atoms with E-state index in [1.54, 1.807) is 0 Å². The van der Waals surface area contributed by atoms with E-state index in [4.69, 9.17) is 5.84 Å². The predicted octanol–water partition coefficient (Wildman–Crippen LogP) is 2.54. The van der Waals surface area contributed by atoms with Gasteiger partial charge in [-0.3, -0.25) is 11.3 Å². The van der Waals surface area contributed by atoms with E-state index in [1.807, 2.05) is 12.1 Å². The summed E-state index contributed by atoms with van der Waals surface area (Å²) in [5, 5.41) is 0. The van der Waals surface area contributed by atoms with Crippen LogP contribution < -0.4 is 11.3 Å². The van der Waals surface area contributed by atoms with Gasteiger partial charge in [0.25, 0.3) is 0 Å². The Hall–Kier alpha value is -1.71. The monoisotopic (exact) mass is 256 g/mol. The van der Waals surface area contributed by atoms with Crippen LogP contribution in [0.1, 0.15) is 22.6 Å². The van der Waals surface area contributed by atoms with Crippen molar-refractivity contribution in [3.8, 4) is 0 Å². The molecule has 0 saturated carbocycles. The van der Waals surface area contributed by atoms with Crippen LogP contribution in [0.5, 0.6) is 0 Å². The molecule has 3 N–H and O–H groups in total. The van der Waals surface area contributed by atoms with E-state index in [0.29, 0.717) is 5.92 Å². The van der Waals surface area contributed by atoms with Crippen LogP contribution in [0.15, 0.2) is 48.5 Å². The van der Waals surface area contributed by atoms with Crippen LogP contribution in [-0.4, -0.2) is 6.04 Å². The molecule has 0 heterocycles. The van der Waals surface area contributed by atoms with Crippen LogP contribution in [0.3, 0.4) is 0 Å². The summed E-state index contributed by atoms with van der Waals surface area (Å²) in [5.41, 5.74) is 6.81. The van der Waals surface area contributed by atoms with E-state index < -0.39 is 0 Å². The van der Waals surface area contributed by atoms with Crippen LogP contribution in [-0.2, 0) is 12.8 Å². The first-order chi connectivity index (χ1) is 9.28. The first-order valence-corrected chi connectivity index (χ1v) is 6.56. The van der Waals surface area contributed by atoms with Gasteiger partial charge in [-0.15, -0.1) is 0 Å². The Morgan fingerprint density at radius 3 is 2.58 bits per heavy atom. The molecule has 0 spiro atoms. The maximum absolute atomic E-state index is 12.9. The quantitative estimate of drug-likeness (QED) is 0.651. The highest BCUT2D eigenvalue weighted by atomic mass is 19.1. The molecule has 3 rings (SSSR count). The largest absolute Gasteiger partial charge is 0.271 e. The summed E-state index contributed by atoms with van der Waals surface area (Å²) in [5.74, 6) is 5.95. The van der Waals surface area contributed by atoms with Crippen molar-refractivity contribution in [3.05, 3.63) is 71.0 Å². The zero-order valence-corrected chi connectivity index (χ0v) is 10.6. The summed E-state index contributed by atoms with van der Waals surface area (Å²) in [7, 11) is 0. The SMILES string of the molecule is NNC(Cc1ccc(F)cc1)C1Cc2ccccc21. The number of halogens is 1. The summed E-state index contributed by atoms with van der Waals surface area (Å²) < 4.78 is 12.9. The maximum atomic E-state index is 12.9. The van der Waals surface area contributed by atoms with Crippen LogP contribution in [0, 0.1) is 5.82 Å². The van der Waals surface area contributed by atoms with Crippen molar-refractivity contribution in [2.24, 2.45) is 5.84 Å². The molecule has 0 fully saturated rings. The molecule has 0 aromatic heterocycles. The zero-order valence-electron chi connectivity index (χ0n) is 10.6. The lowest BCUT2D eigenvalue weighted by molar-refractivity contribution is 0.404. The van der Waals surface area contributed by atoms with Crippen molar-refractivity contribution in [1.82, 2.24) is 5.43 Å². The standard InChI is InChI=1S/C16H17FN2/c17-13-7-5-11(6-8-13)9-16(19-18)15-10-12-3-1-2-4-14(12)15/h1-8,15-16,19H,9-10,18H2. The lowest BCUT2D eigenvalue weighted by Gasteiger charge is -2.36. The molecule has 3 heteroatoms. The van der Waals surface area contributed by atoms with Gasteiger partial charge in [-0.05, 0) is 41.7 Å². The van der Waals surface area contributed by atoms with Crippen LogP contribution in [0.25, 0.3) is 0 Å². The highest BCUT2D eigenvalue weighted by Crippen LogP contribution is 2.37. The number of rotatable bonds is 4. The van der Waals surface area contributed by atoms with E-state index in [-0.39, 0.29) is 11.9 Å². The van der Waals surface area contributed by atoms with Crippen LogP contribution >= 0.6 is 0 Å². The third kappa shape index (κ3) is 2.39. The van der Waals surface area contributed by atoms with Gasteiger partial charge in [-0.1, -0.05) is 36.4 Å². The minimum Gasteiger partial charge on any atom is -0.271 e. The summed E-state index contributed by atoms with van der Waals surface area (Å²) in [6.45, 7) is 0. The first-order valence-electron chi connectivity index (χ1n) is 6.56. The molecule has 2 atom stereocenters. The number of benzene rings is 2. The molecule has 2 aromatic rings. The van der Waals surface area contributed by atoms with Crippen molar-refractivity contribution in [2.45, 2.75) is 24.8 Å². The topological polar surface area (TPSA) is 38.0 Å². The van der Waals surface area contributed by atoms with Crippen molar-refractivity contribution < 1.29 is 4.39 Å². The van der Waals surface area contributed by atoms with Gasteiger partial charge in [0.05, 0.1) is 0 Å². The maximum Gasteiger partial charge on any atom is 0.123 e. The summed E-state index contributed by atoms with van der Waals surface area (Å²) >= 11 is 0. The number of fused-ring (bicyclic) bond motifs is 1. The molecule has 19 heavy (non-hydrogen) atoms. The van der Waals surface area contributed by atoms with Gasteiger partial charge >= 0.3 is 0 Å². The molecule has 2 aromatic carbocycles. The number of nitrogens with one attached hydrogen (secondary N) is 1. The molecule has 0 aliphatic heterocycles. The average molecular weight is 256 g/mol. The molecule has 1 aliphatic carbocycles. The minimum atomic E-state index is -0.199. The molecule has 2 nitrogen and oxygen atoms in total. The van der Waals surface area contributed by atoms with Crippen molar-refractivity contribution in [3.63, 3.8) is 0 Å². The van der Waals surface area contributed by atoms with Crippen LogP contribution in [0.2, 0.25) is 0 Å². The number of hydrazine groups is 1. The van der Waals surface area contributed by atoms with E-state index in [0.717, 1.165) is 18.4 Å². The second-order valence-electron chi connectivity index (χ2n) is 5.11. The lowest BCUT2D eigenvalue weighted by atomic mass is 9.72. The smallest absolute Gasteiger partial charge is 0.123 e. The van der Waals surface area contributed by atoms with Crippen LogP contribution in [0.4, 0.5) is 4.39 Å². The van der Waals surface area contributed by atoms with Gasteiger partial charge in [-0.2, -0.15) is 0 Å². The highest BCUT2D eigenvalue weighted by molar-refractivity contribution is 5.41. The molecule has 1 aliphatic rings. The Kier molecular flexibility index (Phi) is 3.32. The summed E-state index contributed by atoms with van der Waals surface area (Å²) in [6.07, 6.45) is 1.88. The third-order valence-electron chi connectivity index (χ3n) is 3.96. The Morgan fingerprint density at radius 2 is 1.89 bits per heavy atom. The van der Waals surface area contributed by atoms with E-state index in [9.17, 15) is 4.39 Å². The fraction of sp³-hybridized carbons (Fsp3) is 0.250. The average Bonchev–Trinajstić information content (AvgIpc) is 2.41. The molecule has 0 saturated heterocycles. The number of hydrogen-bond acceptors (Lipinski definition) is 2. The van der Waals surface area contributed by atoms with Crippen molar-refractivity contribution >= 4 is 0 Å². The molecule has 2 unspecified atom stereocenters. The van der Waals surface area contributed by atoms with E-state index >= 15 is 0 Å². The first kappa shape index (κ1) is 12.3. The lowest BCUT2D eigenvalue weighted by Crippen LogP contribution is -2.45. The number of nitrogens with two attached hydrogens (primary N) is 1. The number of hydrogen-bond donors (Lipinski definition) is 2. The summed E-state index contributed by atoms with van der Waals surface area (Å²) in [4.78, 5) is 0. The molecule has 0 amide bonds. The molecular formula is C16H17FN2. The molecule has 98 valence electrons. The molecular weight excluding hydrogens is 239 g/mol. The molecule has 0 radical (unpaired) electrons. The van der Waals surface area contributed by atoms with Gasteiger partial charge < -0.3 is 0 Å². The summed E-state index contributed by atoms with van der Waals surface area (Å²) in [6, 6.07) is 15.3. The zero-order chi connectivity index (χ0) is 13.2. The van der Waals surface area contributed by atoms with Gasteiger partial charge in [0.15, 0.2) is 0 Å². The van der Waals surface area contributed by atoms with Gasteiger partial charge in [-0.25, -0.2) is 4.39 Å². The fourth-order valence-corrected chi connectivity index (χ4v) is 2.85. The fourth-order valence-electron chi connectivity index (χ4n) is 2.85. The normalized spacial score (nSPS) is 18.5. The van der Waals surface area contributed by atoms with Crippen molar-refractivity contribution in [1.29, 1.82) is 0 Å². The van der Waals surface area contributed by atoms with E-state index in [1.165, 1.54) is 23.3 Å². The second-order valence-corrected chi connectivity index (χ2v) is 5.11.